The molecule has 1 aliphatic carbocycles. The Balaban J connectivity index is 1.81. The molecule has 1 atom stereocenters. The molecule has 23 heavy (non-hydrogen) atoms. The molecule has 1 heterocycles. The first kappa shape index (κ1) is 18.5. The molecule has 1 saturated carbocycles. The second-order valence-electron chi connectivity index (χ2n) is 6.90. The number of morpholine rings is 1. The zero-order valence-corrected chi connectivity index (χ0v) is 15.3. The molecule has 134 valence electrons. The Hall–Kier alpha value is -0.810. The zero-order valence-electron chi connectivity index (χ0n) is 15.3. The van der Waals surface area contributed by atoms with Crippen LogP contribution >= 0.6 is 0 Å². The van der Waals surface area contributed by atoms with Gasteiger partial charge >= 0.3 is 0 Å². The molecule has 5 nitrogen and oxygen atoms in total. The van der Waals surface area contributed by atoms with Gasteiger partial charge in [-0.3, -0.25) is 9.89 Å². The van der Waals surface area contributed by atoms with E-state index in [1.807, 2.05) is 7.05 Å². The van der Waals surface area contributed by atoms with Crippen molar-refractivity contribution in [2.45, 2.75) is 52.0 Å². The second-order valence-corrected chi connectivity index (χ2v) is 6.90. The average molecular weight is 325 g/mol. The summed E-state index contributed by atoms with van der Waals surface area (Å²) in [5.41, 5.74) is 0. The molecular formula is C18H36N4O. The van der Waals surface area contributed by atoms with Crippen LogP contribution in [0.3, 0.4) is 0 Å². The molecule has 0 aromatic heterocycles. The number of nitrogens with one attached hydrogen (secondary N) is 2. The minimum absolute atomic E-state index is 0.566. The van der Waals surface area contributed by atoms with Crippen LogP contribution in [0.1, 0.15) is 46.0 Å². The van der Waals surface area contributed by atoms with Crippen LogP contribution in [0.4, 0.5) is 0 Å². The minimum atomic E-state index is 0.566. The quantitative estimate of drug-likeness (QED) is 0.504. The van der Waals surface area contributed by atoms with E-state index in [1.54, 1.807) is 0 Å². The molecule has 2 aliphatic rings. The fraction of sp³-hybridized carbons (Fsp3) is 0.944. The number of ether oxygens (including phenoxy) is 1. The molecular weight excluding hydrogens is 288 g/mol. The first-order chi connectivity index (χ1) is 11.3. The minimum Gasteiger partial charge on any atom is -0.379 e. The third-order valence-corrected chi connectivity index (χ3v) is 5.35. The lowest BCUT2D eigenvalue weighted by atomic mass is 9.92. The van der Waals surface area contributed by atoms with Crippen molar-refractivity contribution < 1.29 is 4.74 Å². The van der Waals surface area contributed by atoms with Crippen molar-refractivity contribution in [3.05, 3.63) is 0 Å². The predicted molar refractivity (Wildman–Crippen MR) is 97.0 cm³/mol. The summed E-state index contributed by atoms with van der Waals surface area (Å²) in [7, 11) is 1.87. The third kappa shape index (κ3) is 6.30. The van der Waals surface area contributed by atoms with Crippen molar-refractivity contribution in [1.82, 2.24) is 15.5 Å². The molecule has 0 spiro atoms. The number of rotatable bonds is 9. The summed E-state index contributed by atoms with van der Waals surface area (Å²) < 4.78 is 5.53. The van der Waals surface area contributed by atoms with E-state index >= 15 is 0 Å². The van der Waals surface area contributed by atoms with Crippen molar-refractivity contribution in [3.63, 3.8) is 0 Å². The number of aliphatic imine (C=N–C) groups is 1. The SMILES string of the molecule is CCC(CC)C(CNC(=NC)NCCC1CC1)N1CCOCC1. The van der Waals surface area contributed by atoms with E-state index in [4.69, 9.17) is 4.74 Å². The lowest BCUT2D eigenvalue weighted by Gasteiger charge is -2.39. The Labute approximate surface area is 142 Å². The summed E-state index contributed by atoms with van der Waals surface area (Å²) in [6.07, 6.45) is 6.57. The van der Waals surface area contributed by atoms with Gasteiger partial charge in [-0.1, -0.05) is 39.5 Å². The summed E-state index contributed by atoms with van der Waals surface area (Å²) in [5.74, 6) is 2.64. The highest BCUT2D eigenvalue weighted by atomic mass is 16.5. The number of guanidine groups is 1. The fourth-order valence-corrected chi connectivity index (χ4v) is 3.56. The first-order valence-corrected chi connectivity index (χ1v) is 9.54. The molecule has 1 aliphatic heterocycles. The first-order valence-electron chi connectivity index (χ1n) is 9.54. The fourth-order valence-electron chi connectivity index (χ4n) is 3.56. The maximum Gasteiger partial charge on any atom is 0.191 e. The van der Waals surface area contributed by atoms with Crippen molar-refractivity contribution in [3.8, 4) is 0 Å². The molecule has 2 fully saturated rings. The molecule has 0 aromatic rings. The summed E-state index contributed by atoms with van der Waals surface area (Å²) in [5, 5.41) is 7.04. The van der Waals surface area contributed by atoms with Crippen LogP contribution in [0.15, 0.2) is 4.99 Å². The predicted octanol–water partition coefficient (Wildman–Crippen LogP) is 2.09. The van der Waals surface area contributed by atoms with Gasteiger partial charge in [0.1, 0.15) is 0 Å². The molecule has 1 unspecified atom stereocenters. The van der Waals surface area contributed by atoms with Gasteiger partial charge in [-0.2, -0.15) is 0 Å². The molecule has 0 aromatic carbocycles. The van der Waals surface area contributed by atoms with Crippen molar-refractivity contribution in [2.24, 2.45) is 16.8 Å². The largest absolute Gasteiger partial charge is 0.379 e. The molecule has 0 radical (unpaired) electrons. The molecule has 1 saturated heterocycles. The van der Waals surface area contributed by atoms with Gasteiger partial charge < -0.3 is 15.4 Å². The van der Waals surface area contributed by atoms with Gasteiger partial charge in [0, 0.05) is 39.3 Å². The highest BCUT2D eigenvalue weighted by molar-refractivity contribution is 5.79. The van der Waals surface area contributed by atoms with Gasteiger partial charge in [-0.05, 0) is 18.3 Å². The van der Waals surface area contributed by atoms with Gasteiger partial charge in [0.25, 0.3) is 0 Å². The second kappa shape index (κ2) is 10.1. The molecule has 5 heteroatoms. The molecule has 2 N–H and O–H groups in total. The summed E-state index contributed by atoms with van der Waals surface area (Å²) in [4.78, 5) is 6.99. The Morgan fingerprint density at radius 2 is 1.87 bits per heavy atom. The summed E-state index contributed by atoms with van der Waals surface area (Å²) in [6.45, 7) is 10.5. The van der Waals surface area contributed by atoms with Crippen LogP contribution in [-0.2, 0) is 4.74 Å². The van der Waals surface area contributed by atoms with E-state index in [0.29, 0.717) is 6.04 Å². The average Bonchev–Trinajstić information content (AvgIpc) is 3.42. The van der Waals surface area contributed by atoms with Crippen LogP contribution in [0.5, 0.6) is 0 Å². The standard InChI is InChI=1S/C18H36N4O/c1-4-16(5-2)17(22-10-12-23-13-11-22)14-21-18(19-3)20-9-8-15-6-7-15/h15-17H,4-14H2,1-3H3,(H2,19,20,21). The van der Waals surface area contributed by atoms with Crippen LogP contribution in [0, 0.1) is 11.8 Å². The number of nitrogens with zero attached hydrogens (tertiary/aromatic N) is 2. The van der Waals surface area contributed by atoms with Gasteiger partial charge in [0.15, 0.2) is 5.96 Å². The molecule has 2 rings (SSSR count). The van der Waals surface area contributed by atoms with Crippen LogP contribution in [0.2, 0.25) is 0 Å². The highest BCUT2D eigenvalue weighted by Crippen LogP contribution is 2.31. The van der Waals surface area contributed by atoms with Crippen molar-refractivity contribution in [1.29, 1.82) is 0 Å². The van der Waals surface area contributed by atoms with E-state index in [9.17, 15) is 0 Å². The highest BCUT2D eigenvalue weighted by Gasteiger charge is 2.27. The lowest BCUT2D eigenvalue weighted by molar-refractivity contribution is 0.00272. The maximum absolute atomic E-state index is 5.53. The van der Waals surface area contributed by atoms with Gasteiger partial charge in [-0.15, -0.1) is 0 Å². The smallest absolute Gasteiger partial charge is 0.191 e. The van der Waals surface area contributed by atoms with Gasteiger partial charge in [0.2, 0.25) is 0 Å². The normalized spacial score (nSPS) is 21.5. The Bertz CT molecular complexity index is 347. The van der Waals surface area contributed by atoms with Crippen LogP contribution in [-0.4, -0.2) is 63.3 Å². The maximum atomic E-state index is 5.53. The lowest BCUT2D eigenvalue weighted by Crippen LogP contribution is -2.53. The third-order valence-electron chi connectivity index (χ3n) is 5.35. The van der Waals surface area contributed by atoms with E-state index < -0.39 is 0 Å². The van der Waals surface area contributed by atoms with Crippen molar-refractivity contribution >= 4 is 5.96 Å². The van der Waals surface area contributed by atoms with Gasteiger partial charge in [-0.25, -0.2) is 0 Å². The number of hydrogen-bond acceptors (Lipinski definition) is 3. The molecule has 0 amide bonds. The molecule has 0 bridgehead atoms. The number of hydrogen-bond donors (Lipinski definition) is 2. The topological polar surface area (TPSA) is 48.9 Å². The van der Waals surface area contributed by atoms with Gasteiger partial charge in [0.05, 0.1) is 13.2 Å². The van der Waals surface area contributed by atoms with Crippen molar-refractivity contribution in [2.75, 3.05) is 46.4 Å². The Morgan fingerprint density at radius 3 is 2.43 bits per heavy atom. The van der Waals surface area contributed by atoms with Crippen LogP contribution in [0.25, 0.3) is 0 Å². The van der Waals surface area contributed by atoms with Crippen LogP contribution < -0.4 is 10.6 Å². The Morgan fingerprint density at radius 1 is 1.17 bits per heavy atom. The van der Waals surface area contributed by atoms with E-state index in [1.165, 1.54) is 32.1 Å². The summed E-state index contributed by atoms with van der Waals surface area (Å²) >= 11 is 0. The Kier molecular flexibility index (Phi) is 8.17. The summed E-state index contributed by atoms with van der Waals surface area (Å²) in [6, 6.07) is 0.566. The van der Waals surface area contributed by atoms with E-state index in [-0.39, 0.29) is 0 Å². The zero-order chi connectivity index (χ0) is 16.5. The monoisotopic (exact) mass is 324 g/mol. The van der Waals surface area contributed by atoms with E-state index in [2.05, 4.69) is 34.4 Å². The van der Waals surface area contributed by atoms with E-state index in [0.717, 1.165) is 57.2 Å².